The van der Waals surface area contributed by atoms with Crippen molar-refractivity contribution in [2.45, 2.75) is 38.4 Å². The summed E-state index contributed by atoms with van der Waals surface area (Å²) in [5.74, 6) is 5.35. The van der Waals surface area contributed by atoms with Crippen LogP contribution in [-0.2, 0) is 4.79 Å². The summed E-state index contributed by atoms with van der Waals surface area (Å²) in [5.41, 5.74) is 0.902. The molecule has 0 aliphatic heterocycles. The van der Waals surface area contributed by atoms with Crippen LogP contribution in [-0.4, -0.2) is 16.3 Å². The van der Waals surface area contributed by atoms with E-state index in [1.807, 2.05) is 24.3 Å². The lowest BCUT2D eigenvalue weighted by atomic mass is 9.96. The van der Waals surface area contributed by atoms with Crippen LogP contribution in [0.4, 0.5) is 0 Å². The molecule has 0 aliphatic rings. The fraction of sp³-hybridized carbons (Fsp3) is 0.400. The van der Waals surface area contributed by atoms with E-state index in [-0.39, 0.29) is 12.3 Å². The number of hydrogen-bond donors (Lipinski definition) is 1. The lowest BCUT2D eigenvalue weighted by Gasteiger charge is -2.10. The number of rotatable bonds is 6. The standard InChI is InChI=1S/C15H18O3S/c1-4-5-13(10-15(16)17)12-6-8-14(9-7-12)18-19-11(2)3/h6-9,11,13H,10H2,1-3H3,(H,16,17)/t13-/m0/s1. The second-order valence-corrected chi connectivity index (χ2v) is 5.64. The summed E-state index contributed by atoms with van der Waals surface area (Å²) in [6.07, 6.45) is 0.0157. The van der Waals surface area contributed by atoms with Gasteiger partial charge in [0, 0.05) is 5.25 Å². The van der Waals surface area contributed by atoms with E-state index < -0.39 is 5.97 Å². The van der Waals surface area contributed by atoms with Crippen molar-refractivity contribution in [2.24, 2.45) is 0 Å². The Kier molecular flexibility index (Phi) is 6.31. The van der Waals surface area contributed by atoms with Crippen molar-refractivity contribution < 1.29 is 14.1 Å². The summed E-state index contributed by atoms with van der Waals surface area (Å²) in [5, 5.41) is 9.27. The first-order valence-corrected chi connectivity index (χ1v) is 6.90. The van der Waals surface area contributed by atoms with Crippen LogP contribution >= 0.6 is 12.0 Å². The van der Waals surface area contributed by atoms with Crippen LogP contribution in [0.25, 0.3) is 0 Å². The molecule has 0 unspecified atom stereocenters. The van der Waals surface area contributed by atoms with Gasteiger partial charge in [-0.05, 0) is 24.6 Å². The first kappa shape index (κ1) is 15.5. The predicted molar refractivity (Wildman–Crippen MR) is 78.2 cm³/mol. The minimum absolute atomic E-state index is 0.0157. The third-order valence-electron chi connectivity index (χ3n) is 2.32. The number of carboxylic acid groups (broad SMARTS) is 1. The van der Waals surface area contributed by atoms with Crippen LogP contribution < -0.4 is 4.18 Å². The molecule has 0 bridgehead atoms. The number of carboxylic acids is 1. The Labute approximate surface area is 118 Å². The lowest BCUT2D eigenvalue weighted by Crippen LogP contribution is -2.04. The minimum Gasteiger partial charge on any atom is -0.481 e. The van der Waals surface area contributed by atoms with Gasteiger partial charge in [0.2, 0.25) is 0 Å². The van der Waals surface area contributed by atoms with E-state index in [9.17, 15) is 4.79 Å². The van der Waals surface area contributed by atoms with Crippen molar-refractivity contribution in [1.82, 2.24) is 0 Å². The SMILES string of the molecule is CC#C[C@@H](CC(=O)O)c1ccc(OSC(C)C)cc1. The number of hydrogen-bond acceptors (Lipinski definition) is 3. The van der Waals surface area contributed by atoms with Crippen LogP contribution in [0, 0.1) is 11.8 Å². The average molecular weight is 278 g/mol. The monoisotopic (exact) mass is 278 g/mol. The van der Waals surface area contributed by atoms with Crippen molar-refractivity contribution in [3.8, 4) is 17.6 Å². The van der Waals surface area contributed by atoms with Crippen molar-refractivity contribution >= 4 is 18.0 Å². The molecule has 0 heterocycles. The molecular formula is C15H18O3S. The molecule has 0 aromatic heterocycles. The van der Waals surface area contributed by atoms with E-state index in [2.05, 4.69) is 25.7 Å². The van der Waals surface area contributed by atoms with Gasteiger partial charge >= 0.3 is 5.97 Å². The Morgan fingerprint density at radius 1 is 1.37 bits per heavy atom. The number of carbonyl (C=O) groups is 1. The van der Waals surface area contributed by atoms with Gasteiger partial charge < -0.3 is 9.29 Å². The Morgan fingerprint density at radius 3 is 2.47 bits per heavy atom. The quantitative estimate of drug-likeness (QED) is 0.636. The molecular weight excluding hydrogens is 260 g/mol. The van der Waals surface area contributed by atoms with Crippen LogP contribution in [0.3, 0.4) is 0 Å². The number of benzene rings is 1. The van der Waals surface area contributed by atoms with Crippen LogP contribution in [0.2, 0.25) is 0 Å². The van der Waals surface area contributed by atoms with E-state index >= 15 is 0 Å². The van der Waals surface area contributed by atoms with Gasteiger partial charge in [-0.2, -0.15) is 0 Å². The molecule has 1 aromatic carbocycles. The molecule has 1 aromatic rings. The first-order chi connectivity index (χ1) is 9.02. The lowest BCUT2D eigenvalue weighted by molar-refractivity contribution is -0.137. The van der Waals surface area contributed by atoms with Gasteiger partial charge in [-0.15, -0.1) is 5.92 Å². The maximum atomic E-state index is 10.8. The molecule has 0 amide bonds. The van der Waals surface area contributed by atoms with Crippen molar-refractivity contribution in [3.05, 3.63) is 29.8 Å². The molecule has 0 saturated heterocycles. The van der Waals surface area contributed by atoms with Gasteiger partial charge in [-0.25, -0.2) is 0 Å². The molecule has 0 fully saturated rings. The van der Waals surface area contributed by atoms with Gasteiger partial charge in [0.1, 0.15) is 5.75 Å². The molecule has 1 atom stereocenters. The molecule has 0 aliphatic carbocycles. The van der Waals surface area contributed by atoms with Crippen LogP contribution in [0.15, 0.2) is 24.3 Å². The van der Waals surface area contributed by atoms with Crippen LogP contribution in [0.1, 0.15) is 38.7 Å². The van der Waals surface area contributed by atoms with E-state index in [4.69, 9.17) is 9.29 Å². The molecule has 1 rings (SSSR count). The maximum absolute atomic E-state index is 10.8. The summed E-state index contributed by atoms with van der Waals surface area (Å²) in [7, 11) is 0. The van der Waals surface area contributed by atoms with Crippen LogP contribution in [0.5, 0.6) is 5.75 Å². The largest absolute Gasteiger partial charge is 0.481 e. The molecule has 19 heavy (non-hydrogen) atoms. The summed E-state index contributed by atoms with van der Waals surface area (Å²) in [6.45, 7) is 5.82. The fourth-order valence-electron chi connectivity index (χ4n) is 1.51. The Bertz CT molecular complexity index is 468. The average Bonchev–Trinajstić information content (AvgIpc) is 2.36. The van der Waals surface area contributed by atoms with Gasteiger partial charge in [0.25, 0.3) is 0 Å². The third kappa shape index (κ3) is 5.71. The molecule has 0 spiro atoms. The van der Waals surface area contributed by atoms with E-state index in [0.29, 0.717) is 5.25 Å². The molecule has 0 saturated carbocycles. The fourth-order valence-corrected chi connectivity index (χ4v) is 1.92. The van der Waals surface area contributed by atoms with Crippen molar-refractivity contribution in [1.29, 1.82) is 0 Å². The second kappa shape index (κ2) is 7.75. The topological polar surface area (TPSA) is 46.5 Å². The van der Waals surface area contributed by atoms with E-state index in [1.165, 1.54) is 12.0 Å². The third-order valence-corrected chi connectivity index (χ3v) is 2.99. The molecule has 0 radical (unpaired) electrons. The zero-order valence-corrected chi connectivity index (χ0v) is 12.2. The smallest absolute Gasteiger partial charge is 0.304 e. The summed E-state index contributed by atoms with van der Waals surface area (Å²) < 4.78 is 5.51. The highest BCUT2D eigenvalue weighted by molar-refractivity contribution is 7.95. The summed E-state index contributed by atoms with van der Waals surface area (Å²) in [4.78, 5) is 10.8. The summed E-state index contributed by atoms with van der Waals surface area (Å²) in [6, 6.07) is 7.43. The molecule has 3 nitrogen and oxygen atoms in total. The van der Waals surface area contributed by atoms with Gasteiger partial charge in [-0.1, -0.05) is 31.9 Å². The minimum atomic E-state index is -0.844. The summed E-state index contributed by atoms with van der Waals surface area (Å²) >= 11 is 1.40. The number of aliphatic carboxylic acids is 1. The van der Waals surface area contributed by atoms with E-state index in [1.54, 1.807) is 6.92 Å². The van der Waals surface area contributed by atoms with Crippen molar-refractivity contribution in [2.75, 3.05) is 0 Å². The Balaban J connectivity index is 2.76. The van der Waals surface area contributed by atoms with Gasteiger partial charge in [0.05, 0.1) is 24.4 Å². The highest BCUT2D eigenvalue weighted by Crippen LogP contribution is 2.24. The highest BCUT2D eigenvalue weighted by atomic mass is 32.2. The zero-order valence-electron chi connectivity index (χ0n) is 11.3. The molecule has 102 valence electrons. The van der Waals surface area contributed by atoms with Gasteiger partial charge in [0.15, 0.2) is 0 Å². The second-order valence-electron chi connectivity index (χ2n) is 4.34. The Morgan fingerprint density at radius 2 is 2.00 bits per heavy atom. The maximum Gasteiger partial charge on any atom is 0.304 e. The van der Waals surface area contributed by atoms with E-state index in [0.717, 1.165) is 11.3 Å². The molecule has 1 N–H and O–H groups in total. The normalized spacial score (nSPS) is 11.6. The molecule has 4 heteroatoms. The first-order valence-electron chi connectivity index (χ1n) is 6.10. The predicted octanol–water partition coefficient (Wildman–Crippen LogP) is 3.70. The van der Waals surface area contributed by atoms with Gasteiger partial charge in [-0.3, -0.25) is 4.79 Å². The van der Waals surface area contributed by atoms with Crippen molar-refractivity contribution in [3.63, 3.8) is 0 Å². The zero-order chi connectivity index (χ0) is 14.3. The Hall–Kier alpha value is -1.60. The highest BCUT2D eigenvalue weighted by Gasteiger charge is 2.13.